The van der Waals surface area contributed by atoms with Crippen LogP contribution >= 0.6 is 11.3 Å². The Bertz CT molecular complexity index is 801. The standard InChI is InChI=1S/C19H17N3OS/c20-19(21-18(23)17-12-7-13-24-17)22(16-10-5-2-6-11-16)14-15-8-3-1-4-9-15/h1-13H,14H2,(H2,20,21,23). The van der Waals surface area contributed by atoms with Crippen LogP contribution in [0.25, 0.3) is 0 Å². The van der Waals surface area contributed by atoms with Gasteiger partial charge in [0.15, 0.2) is 0 Å². The summed E-state index contributed by atoms with van der Waals surface area (Å²) in [5.41, 5.74) is 1.93. The number of hydrogen-bond donors (Lipinski definition) is 2. The monoisotopic (exact) mass is 335 g/mol. The fourth-order valence-electron chi connectivity index (χ4n) is 2.32. The number of nitrogens with zero attached hydrogens (tertiary/aromatic N) is 1. The van der Waals surface area contributed by atoms with Crippen LogP contribution < -0.4 is 10.2 Å². The zero-order valence-corrected chi connectivity index (χ0v) is 13.8. The van der Waals surface area contributed by atoms with Gasteiger partial charge in [-0.05, 0) is 29.1 Å². The Morgan fingerprint density at radius 3 is 2.25 bits per heavy atom. The predicted octanol–water partition coefficient (Wildman–Crippen LogP) is 4.12. The van der Waals surface area contributed by atoms with Gasteiger partial charge in [0.05, 0.1) is 11.4 Å². The van der Waals surface area contributed by atoms with Gasteiger partial charge in [0.25, 0.3) is 5.91 Å². The third kappa shape index (κ3) is 3.88. The van der Waals surface area contributed by atoms with Crippen LogP contribution in [0, 0.1) is 5.41 Å². The van der Waals surface area contributed by atoms with Crippen molar-refractivity contribution in [2.75, 3.05) is 4.90 Å². The molecule has 0 atom stereocenters. The Morgan fingerprint density at radius 2 is 1.62 bits per heavy atom. The second-order valence-electron chi connectivity index (χ2n) is 5.19. The van der Waals surface area contributed by atoms with Gasteiger partial charge in [-0.1, -0.05) is 54.6 Å². The highest BCUT2D eigenvalue weighted by Gasteiger charge is 2.16. The molecule has 0 fully saturated rings. The van der Waals surface area contributed by atoms with E-state index in [9.17, 15) is 4.79 Å². The summed E-state index contributed by atoms with van der Waals surface area (Å²) >= 11 is 1.36. The number of benzene rings is 2. The third-order valence-corrected chi connectivity index (χ3v) is 4.37. The molecule has 0 saturated carbocycles. The molecule has 120 valence electrons. The van der Waals surface area contributed by atoms with E-state index in [0.717, 1.165) is 11.3 Å². The lowest BCUT2D eigenvalue weighted by Crippen LogP contribution is -2.43. The largest absolute Gasteiger partial charge is 0.308 e. The first-order valence-corrected chi connectivity index (χ1v) is 8.42. The molecule has 3 rings (SSSR count). The van der Waals surface area contributed by atoms with Crippen LogP contribution in [0.1, 0.15) is 15.2 Å². The van der Waals surface area contributed by atoms with Gasteiger partial charge < -0.3 is 4.90 Å². The summed E-state index contributed by atoms with van der Waals surface area (Å²) in [5, 5.41) is 12.9. The van der Waals surface area contributed by atoms with Crippen molar-refractivity contribution in [1.82, 2.24) is 5.32 Å². The number of amides is 1. The highest BCUT2D eigenvalue weighted by Crippen LogP contribution is 2.17. The lowest BCUT2D eigenvalue weighted by atomic mass is 10.2. The Labute approximate surface area is 144 Å². The number of anilines is 1. The first kappa shape index (κ1) is 16.0. The maximum Gasteiger partial charge on any atom is 0.268 e. The van der Waals surface area contributed by atoms with Gasteiger partial charge in [-0.3, -0.25) is 15.5 Å². The molecule has 0 aliphatic rings. The van der Waals surface area contributed by atoms with Crippen molar-refractivity contribution in [3.8, 4) is 0 Å². The normalized spacial score (nSPS) is 10.2. The smallest absolute Gasteiger partial charge is 0.268 e. The Morgan fingerprint density at radius 1 is 0.958 bits per heavy atom. The molecule has 1 aromatic heterocycles. The molecule has 4 nitrogen and oxygen atoms in total. The molecular formula is C19H17N3OS. The van der Waals surface area contributed by atoms with E-state index in [1.54, 1.807) is 11.0 Å². The molecule has 3 aromatic rings. The average molecular weight is 335 g/mol. The summed E-state index contributed by atoms with van der Waals surface area (Å²) in [6, 6.07) is 23.1. The van der Waals surface area contributed by atoms with E-state index in [1.165, 1.54) is 11.3 Å². The minimum absolute atomic E-state index is 0.0588. The van der Waals surface area contributed by atoms with Crippen LogP contribution in [-0.2, 0) is 6.54 Å². The van der Waals surface area contributed by atoms with E-state index in [-0.39, 0.29) is 11.9 Å². The molecule has 1 heterocycles. The second-order valence-corrected chi connectivity index (χ2v) is 6.14. The van der Waals surface area contributed by atoms with E-state index in [1.807, 2.05) is 72.1 Å². The van der Waals surface area contributed by atoms with Gasteiger partial charge in [0, 0.05) is 5.69 Å². The van der Waals surface area contributed by atoms with E-state index >= 15 is 0 Å². The number of hydrogen-bond acceptors (Lipinski definition) is 3. The minimum Gasteiger partial charge on any atom is -0.308 e. The van der Waals surface area contributed by atoms with Crippen molar-refractivity contribution in [2.24, 2.45) is 0 Å². The zero-order valence-electron chi connectivity index (χ0n) is 13.0. The SMILES string of the molecule is N=C(NC(=O)c1cccs1)N(Cc1ccccc1)c1ccccc1. The third-order valence-electron chi connectivity index (χ3n) is 3.50. The first-order chi connectivity index (χ1) is 11.7. The van der Waals surface area contributed by atoms with Crippen molar-refractivity contribution in [1.29, 1.82) is 5.41 Å². The molecule has 1 amide bonds. The maximum atomic E-state index is 12.2. The number of guanidine groups is 1. The molecule has 0 unspecified atom stereocenters. The van der Waals surface area contributed by atoms with E-state index in [0.29, 0.717) is 11.4 Å². The van der Waals surface area contributed by atoms with E-state index < -0.39 is 0 Å². The Kier molecular flexibility index (Phi) is 5.03. The molecule has 2 N–H and O–H groups in total. The number of carbonyl (C=O) groups is 1. The van der Waals surface area contributed by atoms with Crippen molar-refractivity contribution < 1.29 is 4.79 Å². The molecule has 5 heteroatoms. The summed E-state index contributed by atoms with van der Waals surface area (Å²) < 4.78 is 0. The number of rotatable bonds is 4. The first-order valence-electron chi connectivity index (χ1n) is 7.54. The molecule has 2 aromatic carbocycles. The quantitative estimate of drug-likeness (QED) is 0.556. The van der Waals surface area contributed by atoms with Crippen LogP contribution in [0.15, 0.2) is 78.2 Å². The topological polar surface area (TPSA) is 56.2 Å². The van der Waals surface area contributed by atoms with E-state index in [2.05, 4.69) is 5.32 Å². The predicted molar refractivity (Wildman–Crippen MR) is 98.6 cm³/mol. The van der Waals surface area contributed by atoms with Gasteiger partial charge in [0.2, 0.25) is 5.96 Å². The molecule has 0 radical (unpaired) electrons. The van der Waals surface area contributed by atoms with Crippen LogP contribution in [0.2, 0.25) is 0 Å². The van der Waals surface area contributed by atoms with Crippen molar-refractivity contribution >= 4 is 28.9 Å². The van der Waals surface area contributed by atoms with Crippen LogP contribution in [0.3, 0.4) is 0 Å². The van der Waals surface area contributed by atoms with Gasteiger partial charge >= 0.3 is 0 Å². The fraction of sp³-hybridized carbons (Fsp3) is 0.0526. The van der Waals surface area contributed by atoms with Crippen molar-refractivity contribution in [3.63, 3.8) is 0 Å². The Hall–Kier alpha value is -2.92. The molecule has 0 saturated heterocycles. The van der Waals surface area contributed by atoms with Crippen molar-refractivity contribution in [3.05, 3.63) is 88.6 Å². The zero-order chi connectivity index (χ0) is 16.8. The molecule has 0 aliphatic heterocycles. The number of thiophene rings is 1. The molecule has 0 aliphatic carbocycles. The summed E-state index contributed by atoms with van der Waals surface area (Å²) in [6.45, 7) is 0.508. The lowest BCUT2D eigenvalue weighted by Gasteiger charge is -2.25. The molecule has 24 heavy (non-hydrogen) atoms. The van der Waals surface area contributed by atoms with Crippen LogP contribution in [0.4, 0.5) is 5.69 Å². The van der Waals surface area contributed by atoms with Gasteiger partial charge in [-0.15, -0.1) is 11.3 Å². The number of nitrogens with one attached hydrogen (secondary N) is 2. The van der Waals surface area contributed by atoms with E-state index in [4.69, 9.17) is 5.41 Å². The fourth-order valence-corrected chi connectivity index (χ4v) is 2.94. The lowest BCUT2D eigenvalue weighted by molar-refractivity contribution is 0.0980. The summed E-state index contributed by atoms with van der Waals surface area (Å²) in [4.78, 5) is 14.6. The van der Waals surface area contributed by atoms with Gasteiger partial charge in [0.1, 0.15) is 0 Å². The van der Waals surface area contributed by atoms with Gasteiger partial charge in [-0.25, -0.2) is 0 Å². The molecule has 0 spiro atoms. The average Bonchev–Trinajstić information content (AvgIpc) is 3.16. The van der Waals surface area contributed by atoms with Gasteiger partial charge in [-0.2, -0.15) is 0 Å². The summed E-state index contributed by atoms with van der Waals surface area (Å²) in [5.74, 6) is -0.201. The number of para-hydroxylation sites is 1. The molecular weight excluding hydrogens is 318 g/mol. The highest BCUT2D eigenvalue weighted by atomic mass is 32.1. The summed E-state index contributed by atoms with van der Waals surface area (Å²) in [6.07, 6.45) is 0. The molecule has 0 bridgehead atoms. The Balaban J connectivity index is 1.81. The highest BCUT2D eigenvalue weighted by molar-refractivity contribution is 7.12. The van der Waals surface area contributed by atoms with Crippen LogP contribution in [0.5, 0.6) is 0 Å². The summed E-state index contributed by atoms with van der Waals surface area (Å²) in [7, 11) is 0. The second kappa shape index (κ2) is 7.57. The van der Waals surface area contributed by atoms with Crippen molar-refractivity contribution in [2.45, 2.75) is 6.54 Å². The number of carbonyl (C=O) groups excluding carboxylic acids is 1. The van der Waals surface area contributed by atoms with Crippen LogP contribution in [-0.4, -0.2) is 11.9 Å². The minimum atomic E-state index is -0.260. The maximum absolute atomic E-state index is 12.2.